The molecule has 10 heteroatoms. The number of amides is 1. The number of nitrogens with one attached hydrogen (secondary N) is 1. The molecule has 8 nitrogen and oxygen atoms in total. The number of hydrogen-bond donors (Lipinski definition) is 1. The highest BCUT2D eigenvalue weighted by Gasteiger charge is 2.24. The fourth-order valence-electron chi connectivity index (χ4n) is 2.28. The van der Waals surface area contributed by atoms with Gasteiger partial charge in [0.25, 0.3) is 6.43 Å². The van der Waals surface area contributed by atoms with Crippen LogP contribution in [0.4, 0.5) is 14.5 Å². The van der Waals surface area contributed by atoms with Crippen molar-refractivity contribution in [2.75, 3.05) is 12.4 Å². The predicted molar refractivity (Wildman–Crippen MR) is 84.5 cm³/mol. The largest absolute Gasteiger partial charge is 0.464 e. The minimum Gasteiger partial charge on any atom is -0.464 e. The zero-order valence-corrected chi connectivity index (χ0v) is 14.3. The summed E-state index contributed by atoms with van der Waals surface area (Å²) in [5, 5.41) is 10.4. The van der Waals surface area contributed by atoms with Gasteiger partial charge in [0.2, 0.25) is 5.91 Å². The van der Waals surface area contributed by atoms with E-state index < -0.39 is 30.0 Å². The quantitative estimate of drug-likeness (QED) is 0.803. The predicted octanol–water partition coefficient (Wildman–Crippen LogP) is 2.33. The highest BCUT2D eigenvalue weighted by Crippen LogP contribution is 2.22. The molecule has 0 aromatic carbocycles. The summed E-state index contributed by atoms with van der Waals surface area (Å²) >= 11 is 0. The summed E-state index contributed by atoms with van der Waals surface area (Å²) < 4.78 is 32.8. The average molecular weight is 355 g/mol. The van der Waals surface area contributed by atoms with Crippen LogP contribution in [0.2, 0.25) is 0 Å². The van der Waals surface area contributed by atoms with Crippen molar-refractivity contribution >= 4 is 17.6 Å². The molecular weight excluding hydrogens is 336 g/mol. The second kappa shape index (κ2) is 7.41. The number of halogens is 2. The van der Waals surface area contributed by atoms with E-state index in [2.05, 4.69) is 20.3 Å². The Balaban J connectivity index is 2.24. The fourth-order valence-corrected chi connectivity index (χ4v) is 2.28. The normalized spacial score (nSPS) is 12.3. The number of ether oxygens (including phenoxy) is 1. The van der Waals surface area contributed by atoms with Gasteiger partial charge in [0.05, 0.1) is 12.8 Å². The van der Waals surface area contributed by atoms with E-state index >= 15 is 0 Å². The van der Waals surface area contributed by atoms with Crippen molar-refractivity contribution in [2.24, 2.45) is 0 Å². The molecule has 2 aromatic rings. The molecule has 25 heavy (non-hydrogen) atoms. The van der Waals surface area contributed by atoms with Crippen LogP contribution in [0, 0.1) is 6.92 Å². The molecule has 2 heterocycles. The lowest BCUT2D eigenvalue weighted by atomic mass is 10.2. The smallest absolute Gasteiger partial charge is 0.360 e. The summed E-state index contributed by atoms with van der Waals surface area (Å²) in [5.74, 6) is -1.21. The summed E-state index contributed by atoms with van der Waals surface area (Å²) in [5.41, 5.74) is 0.182. The third kappa shape index (κ3) is 3.83. The van der Waals surface area contributed by atoms with E-state index in [4.69, 9.17) is 0 Å². The molecule has 1 amide bonds. The van der Waals surface area contributed by atoms with Gasteiger partial charge in [0.15, 0.2) is 5.69 Å². The van der Waals surface area contributed by atoms with Crippen molar-refractivity contribution in [3.8, 4) is 0 Å². The number of carbonyl (C=O) groups is 2. The molecule has 136 valence electrons. The van der Waals surface area contributed by atoms with E-state index in [0.29, 0.717) is 12.2 Å². The van der Waals surface area contributed by atoms with Gasteiger partial charge in [0.1, 0.15) is 11.7 Å². The molecule has 0 saturated heterocycles. The third-order valence-electron chi connectivity index (χ3n) is 3.63. The van der Waals surface area contributed by atoms with Crippen molar-refractivity contribution < 1.29 is 23.1 Å². The monoisotopic (exact) mass is 355 g/mol. The van der Waals surface area contributed by atoms with Crippen LogP contribution in [0.15, 0.2) is 12.3 Å². The summed E-state index contributed by atoms with van der Waals surface area (Å²) in [6, 6.07) is 0.367. The molecule has 1 atom stereocenters. The van der Waals surface area contributed by atoms with Gasteiger partial charge >= 0.3 is 5.97 Å². The molecule has 0 saturated carbocycles. The second-order valence-corrected chi connectivity index (χ2v) is 5.36. The molecule has 2 aromatic heterocycles. The maximum absolute atomic E-state index is 12.8. The van der Waals surface area contributed by atoms with Crippen molar-refractivity contribution in [1.29, 1.82) is 0 Å². The minimum absolute atomic E-state index is 0.0321. The molecule has 0 spiro atoms. The van der Waals surface area contributed by atoms with Crippen molar-refractivity contribution in [2.45, 2.75) is 39.8 Å². The molecule has 0 radical (unpaired) electrons. The number of rotatable bonds is 6. The van der Waals surface area contributed by atoms with Crippen LogP contribution in [0.25, 0.3) is 0 Å². The zero-order valence-electron chi connectivity index (χ0n) is 14.3. The lowest BCUT2D eigenvalue weighted by Crippen LogP contribution is -2.26. The first-order valence-corrected chi connectivity index (χ1v) is 7.59. The highest BCUT2D eigenvalue weighted by atomic mass is 19.3. The molecule has 0 aliphatic rings. The number of alkyl halides is 2. The van der Waals surface area contributed by atoms with Crippen LogP contribution in [0.5, 0.6) is 0 Å². The van der Waals surface area contributed by atoms with E-state index in [0.717, 1.165) is 0 Å². The first-order valence-electron chi connectivity index (χ1n) is 7.59. The number of esters is 1. The summed E-state index contributed by atoms with van der Waals surface area (Å²) in [6.07, 6.45) is -1.22. The highest BCUT2D eigenvalue weighted by molar-refractivity contribution is 6.00. The molecule has 0 fully saturated rings. The van der Waals surface area contributed by atoms with Crippen LogP contribution in [0.3, 0.4) is 0 Å². The topological polar surface area (TPSA) is 91.0 Å². The van der Waals surface area contributed by atoms with Crippen molar-refractivity contribution in [3.63, 3.8) is 0 Å². The standard InChI is InChI=1S/C15H19F2N5O3/c1-5-21-7-11(12(20-21)15(24)25-4)18-14(23)9(3)22-8(2)6-10(19-22)13(16)17/h6-7,9,13H,5H2,1-4H3,(H,18,23). The van der Waals surface area contributed by atoms with E-state index in [-0.39, 0.29) is 11.4 Å². The van der Waals surface area contributed by atoms with Gasteiger partial charge < -0.3 is 10.1 Å². The molecule has 0 aliphatic heterocycles. The maximum atomic E-state index is 12.8. The lowest BCUT2D eigenvalue weighted by molar-refractivity contribution is -0.119. The van der Waals surface area contributed by atoms with Gasteiger partial charge in [-0.1, -0.05) is 0 Å². The minimum atomic E-state index is -2.72. The van der Waals surface area contributed by atoms with E-state index in [1.807, 2.05) is 6.92 Å². The maximum Gasteiger partial charge on any atom is 0.360 e. The summed E-state index contributed by atoms with van der Waals surface area (Å²) in [6.45, 7) is 5.41. The molecule has 1 N–H and O–H groups in total. The number of hydrogen-bond acceptors (Lipinski definition) is 5. The first kappa shape index (κ1) is 18.6. The third-order valence-corrected chi connectivity index (χ3v) is 3.63. The summed E-state index contributed by atoms with van der Waals surface area (Å²) in [4.78, 5) is 24.2. The first-order chi connectivity index (χ1) is 11.8. The number of aromatic nitrogens is 4. The van der Waals surface area contributed by atoms with Crippen LogP contribution in [-0.4, -0.2) is 38.5 Å². The Kier molecular flexibility index (Phi) is 5.50. The number of methoxy groups -OCH3 is 1. The Labute approximate surface area is 142 Å². The number of aryl methyl sites for hydroxylation is 2. The Morgan fingerprint density at radius 3 is 2.56 bits per heavy atom. The average Bonchev–Trinajstić information content (AvgIpc) is 3.17. The Morgan fingerprint density at radius 2 is 2.04 bits per heavy atom. The number of anilines is 1. The number of nitrogens with zero attached hydrogens (tertiary/aromatic N) is 4. The van der Waals surface area contributed by atoms with E-state index in [9.17, 15) is 18.4 Å². The zero-order chi connectivity index (χ0) is 18.7. The Bertz CT molecular complexity index is 784. The Hall–Kier alpha value is -2.78. The van der Waals surface area contributed by atoms with Crippen molar-refractivity contribution in [3.05, 3.63) is 29.3 Å². The Morgan fingerprint density at radius 1 is 1.36 bits per heavy atom. The molecule has 1 unspecified atom stereocenters. The fraction of sp³-hybridized carbons (Fsp3) is 0.467. The van der Waals surface area contributed by atoms with Gasteiger partial charge in [0, 0.05) is 18.4 Å². The van der Waals surface area contributed by atoms with Crippen LogP contribution >= 0.6 is 0 Å². The van der Waals surface area contributed by atoms with Crippen LogP contribution < -0.4 is 5.32 Å². The van der Waals surface area contributed by atoms with Gasteiger partial charge in [-0.25, -0.2) is 13.6 Å². The lowest BCUT2D eigenvalue weighted by Gasteiger charge is -2.14. The van der Waals surface area contributed by atoms with Crippen molar-refractivity contribution in [1.82, 2.24) is 19.6 Å². The molecule has 0 bridgehead atoms. The molecule has 2 rings (SSSR count). The van der Waals surface area contributed by atoms with E-state index in [1.54, 1.807) is 6.92 Å². The van der Waals surface area contributed by atoms with Gasteiger partial charge in [-0.05, 0) is 26.8 Å². The van der Waals surface area contributed by atoms with Gasteiger partial charge in [-0.15, -0.1) is 0 Å². The SMILES string of the molecule is CCn1cc(NC(=O)C(C)n2nc(C(F)F)cc2C)c(C(=O)OC)n1. The van der Waals surface area contributed by atoms with Gasteiger partial charge in [-0.2, -0.15) is 10.2 Å². The van der Waals surface area contributed by atoms with Gasteiger partial charge in [-0.3, -0.25) is 14.2 Å². The van der Waals surface area contributed by atoms with Crippen LogP contribution in [0.1, 0.15) is 48.2 Å². The molecular formula is C15H19F2N5O3. The van der Waals surface area contributed by atoms with Crippen LogP contribution in [-0.2, 0) is 16.1 Å². The van der Waals surface area contributed by atoms with E-state index in [1.165, 1.54) is 35.7 Å². The molecule has 0 aliphatic carbocycles. The second-order valence-electron chi connectivity index (χ2n) is 5.36. The number of carbonyl (C=O) groups excluding carboxylic acids is 2. The summed E-state index contributed by atoms with van der Waals surface area (Å²) in [7, 11) is 1.21.